The molecule has 0 unspecified atom stereocenters. The number of nitrogens with zero attached hydrogens (tertiary/aromatic N) is 1. The average Bonchev–Trinajstić information content (AvgIpc) is 3.26. The summed E-state index contributed by atoms with van der Waals surface area (Å²) >= 11 is 1.86. The van der Waals surface area contributed by atoms with Gasteiger partial charge in [-0.25, -0.2) is 4.79 Å². The predicted octanol–water partition coefficient (Wildman–Crippen LogP) is 6.25. The fourth-order valence-electron chi connectivity index (χ4n) is 4.25. The van der Waals surface area contributed by atoms with Crippen molar-refractivity contribution in [2.75, 3.05) is 10.2 Å². The molecular formula is C22H20N2OS. The molecule has 130 valence electrons. The molecule has 5 rings (SSSR count). The zero-order valence-corrected chi connectivity index (χ0v) is 15.3. The molecular weight excluding hydrogens is 340 g/mol. The van der Waals surface area contributed by atoms with E-state index in [1.165, 1.54) is 17.7 Å². The van der Waals surface area contributed by atoms with E-state index in [1.807, 2.05) is 47.0 Å². The summed E-state index contributed by atoms with van der Waals surface area (Å²) in [6.07, 6.45) is 4.46. The normalized spacial score (nSPS) is 17.6. The Morgan fingerprint density at radius 1 is 0.923 bits per heavy atom. The van der Waals surface area contributed by atoms with Gasteiger partial charge in [-0.05, 0) is 36.4 Å². The zero-order valence-electron chi connectivity index (χ0n) is 14.4. The van der Waals surface area contributed by atoms with Crippen LogP contribution in [0.3, 0.4) is 0 Å². The minimum atomic E-state index is -0.127. The maximum Gasteiger partial charge on any atom is 0.327 e. The Kier molecular flexibility index (Phi) is 3.68. The van der Waals surface area contributed by atoms with Gasteiger partial charge in [0.25, 0.3) is 0 Å². The Bertz CT molecular complexity index is 989. The van der Waals surface area contributed by atoms with Gasteiger partial charge in [-0.2, -0.15) is 0 Å². The van der Waals surface area contributed by atoms with Crippen molar-refractivity contribution in [3.8, 4) is 0 Å². The fourth-order valence-corrected chi connectivity index (χ4v) is 5.84. The van der Waals surface area contributed by atoms with E-state index in [0.717, 1.165) is 35.0 Å². The molecule has 1 N–H and O–H groups in total. The van der Waals surface area contributed by atoms with Crippen molar-refractivity contribution in [1.82, 2.24) is 0 Å². The number of benzene rings is 3. The van der Waals surface area contributed by atoms with E-state index in [4.69, 9.17) is 0 Å². The third-order valence-corrected chi connectivity index (χ3v) is 6.97. The second kappa shape index (κ2) is 6.06. The van der Waals surface area contributed by atoms with Gasteiger partial charge in [-0.15, -0.1) is 0 Å². The first kappa shape index (κ1) is 15.8. The van der Waals surface area contributed by atoms with Crippen LogP contribution >= 0.6 is 11.8 Å². The number of anilines is 2. The van der Waals surface area contributed by atoms with Gasteiger partial charge in [-0.1, -0.05) is 73.1 Å². The second-order valence-electron chi connectivity index (χ2n) is 7.02. The lowest BCUT2D eigenvalue weighted by Crippen LogP contribution is -2.47. The molecule has 0 aromatic heterocycles. The van der Waals surface area contributed by atoms with Crippen molar-refractivity contribution in [1.29, 1.82) is 0 Å². The summed E-state index contributed by atoms with van der Waals surface area (Å²) in [5.41, 5.74) is 1.91. The smallest absolute Gasteiger partial charge is 0.307 e. The highest BCUT2D eigenvalue weighted by Gasteiger charge is 2.49. The molecule has 2 aliphatic rings. The maximum atomic E-state index is 13.4. The van der Waals surface area contributed by atoms with E-state index in [0.29, 0.717) is 0 Å². The largest absolute Gasteiger partial charge is 0.327 e. The third-order valence-electron chi connectivity index (χ3n) is 5.43. The van der Waals surface area contributed by atoms with Crippen molar-refractivity contribution in [2.45, 2.75) is 35.4 Å². The molecule has 0 radical (unpaired) electrons. The Labute approximate surface area is 157 Å². The highest BCUT2D eigenvalue weighted by Crippen LogP contribution is 2.57. The van der Waals surface area contributed by atoms with Gasteiger partial charge >= 0.3 is 6.03 Å². The molecule has 1 fully saturated rings. The van der Waals surface area contributed by atoms with Gasteiger partial charge in [0, 0.05) is 10.3 Å². The van der Waals surface area contributed by atoms with Gasteiger partial charge in [0.05, 0.1) is 11.4 Å². The second-order valence-corrected chi connectivity index (χ2v) is 8.42. The van der Waals surface area contributed by atoms with Crippen LogP contribution in [-0.4, -0.2) is 10.9 Å². The quantitative estimate of drug-likeness (QED) is 0.556. The van der Waals surface area contributed by atoms with Crippen molar-refractivity contribution in [2.24, 2.45) is 0 Å². The van der Waals surface area contributed by atoms with Crippen molar-refractivity contribution in [3.05, 3.63) is 66.7 Å². The van der Waals surface area contributed by atoms with Gasteiger partial charge in [0.1, 0.15) is 4.87 Å². The van der Waals surface area contributed by atoms with Crippen molar-refractivity contribution < 1.29 is 4.79 Å². The number of hydrogen-bond acceptors (Lipinski definition) is 2. The summed E-state index contributed by atoms with van der Waals surface area (Å²) in [5, 5.41) is 5.40. The van der Waals surface area contributed by atoms with Crippen molar-refractivity contribution in [3.63, 3.8) is 0 Å². The lowest BCUT2D eigenvalue weighted by atomic mass is 10.1. The summed E-state index contributed by atoms with van der Waals surface area (Å²) in [6.45, 7) is 0. The summed E-state index contributed by atoms with van der Waals surface area (Å²) < 4.78 is 0. The number of nitrogens with one attached hydrogen (secondary N) is 1. The minimum Gasteiger partial charge on any atom is -0.307 e. The highest BCUT2D eigenvalue weighted by molar-refractivity contribution is 8.01. The predicted molar refractivity (Wildman–Crippen MR) is 109 cm³/mol. The van der Waals surface area contributed by atoms with E-state index < -0.39 is 0 Å². The summed E-state index contributed by atoms with van der Waals surface area (Å²) in [4.78, 5) is 16.5. The lowest BCUT2D eigenvalue weighted by molar-refractivity contribution is 0.254. The molecule has 3 nitrogen and oxygen atoms in total. The van der Waals surface area contributed by atoms with Crippen LogP contribution in [0.2, 0.25) is 0 Å². The first-order valence-electron chi connectivity index (χ1n) is 9.14. The first-order valence-corrected chi connectivity index (χ1v) is 9.96. The van der Waals surface area contributed by atoms with Crippen LogP contribution in [0.1, 0.15) is 25.7 Å². The topological polar surface area (TPSA) is 32.3 Å². The molecule has 26 heavy (non-hydrogen) atoms. The molecule has 0 saturated heterocycles. The van der Waals surface area contributed by atoms with E-state index >= 15 is 0 Å². The Hall–Kier alpha value is -2.46. The number of amides is 2. The van der Waals surface area contributed by atoms with Crippen molar-refractivity contribution >= 4 is 39.9 Å². The molecule has 1 heterocycles. The molecule has 3 aromatic carbocycles. The molecule has 1 aliphatic carbocycles. The maximum absolute atomic E-state index is 13.4. The Morgan fingerprint density at radius 2 is 1.65 bits per heavy atom. The minimum absolute atomic E-state index is 0.0271. The molecule has 1 aliphatic heterocycles. The lowest BCUT2D eigenvalue weighted by Gasteiger charge is -2.34. The zero-order chi connectivity index (χ0) is 17.6. The third kappa shape index (κ3) is 2.40. The highest BCUT2D eigenvalue weighted by atomic mass is 32.2. The van der Waals surface area contributed by atoms with Gasteiger partial charge in [0.2, 0.25) is 0 Å². The molecule has 0 bridgehead atoms. The number of hydrogen-bond donors (Lipinski definition) is 1. The average molecular weight is 360 g/mol. The van der Waals surface area contributed by atoms with Crippen LogP contribution in [-0.2, 0) is 0 Å². The summed E-state index contributed by atoms with van der Waals surface area (Å²) in [7, 11) is 0. The van der Waals surface area contributed by atoms with Crippen LogP contribution in [0, 0.1) is 0 Å². The van der Waals surface area contributed by atoms with Gasteiger partial charge in [-0.3, -0.25) is 4.90 Å². The molecule has 4 heteroatoms. The number of rotatable bonds is 1. The van der Waals surface area contributed by atoms with Crippen LogP contribution in [0.25, 0.3) is 10.8 Å². The number of fused-ring (bicyclic) bond motifs is 2. The molecule has 3 aromatic rings. The van der Waals surface area contributed by atoms with Crippen LogP contribution in [0.5, 0.6) is 0 Å². The number of thioether (sulfide) groups is 1. The van der Waals surface area contributed by atoms with Crippen LogP contribution < -0.4 is 10.2 Å². The van der Waals surface area contributed by atoms with E-state index in [9.17, 15) is 4.79 Å². The Balaban J connectivity index is 1.54. The molecule has 0 atom stereocenters. The van der Waals surface area contributed by atoms with Gasteiger partial charge in [0.15, 0.2) is 0 Å². The summed E-state index contributed by atoms with van der Waals surface area (Å²) in [6, 6.07) is 22.5. The van der Waals surface area contributed by atoms with E-state index in [1.54, 1.807) is 0 Å². The number of urea groups is 1. The molecule has 2 amide bonds. The molecule has 1 saturated carbocycles. The monoisotopic (exact) mass is 360 g/mol. The number of carbonyl (C=O) groups excluding carboxylic acids is 1. The Morgan fingerprint density at radius 3 is 2.54 bits per heavy atom. The fraction of sp³-hybridized carbons (Fsp3) is 0.227. The van der Waals surface area contributed by atoms with Crippen LogP contribution in [0.15, 0.2) is 71.6 Å². The summed E-state index contributed by atoms with van der Waals surface area (Å²) in [5.74, 6) is 0. The van der Waals surface area contributed by atoms with E-state index in [-0.39, 0.29) is 10.9 Å². The van der Waals surface area contributed by atoms with Crippen LogP contribution in [0.4, 0.5) is 16.2 Å². The van der Waals surface area contributed by atoms with E-state index in [2.05, 4.69) is 41.7 Å². The number of carbonyl (C=O) groups is 1. The van der Waals surface area contributed by atoms with Gasteiger partial charge < -0.3 is 5.32 Å². The first-order chi connectivity index (χ1) is 12.8. The SMILES string of the molecule is O=C(Nc1cccc2ccccc12)N1c2ccccc2SC12CCCC2. The molecule has 1 spiro atoms. The number of para-hydroxylation sites is 1. The standard InChI is InChI=1S/C22H20N2OS/c25-21(23-18-11-7-9-16-8-1-2-10-17(16)18)24-19-12-3-4-13-20(19)26-22(24)14-5-6-15-22/h1-4,7-13H,5-6,14-15H2,(H,23,25).